The van der Waals surface area contributed by atoms with E-state index in [-0.39, 0.29) is 26.3 Å². The SMILES string of the molecule is CCOc1ccc(Oc2ccc(Cl)cc2NC(=O)CN2C(=O)C(=O)N(CC(F)(F)F)C2=O)cc1. The van der Waals surface area contributed by atoms with Crippen LogP contribution in [-0.2, 0) is 14.4 Å². The number of ether oxygens (including phenoxy) is 2. The molecule has 0 aromatic heterocycles. The molecular formula is C21H17ClF3N3O6. The second-order valence-corrected chi connectivity index (χ2v) is 7.31. The number of halogens is 4. The Balaban J connectivity index is 1.72. The summed E-state index contributed by atoms with van der Waals surface area (Å²) < 4.78 is 48.9. The molecule has 1 aliphatic rings. The fourth-order valence-corrected chi connectivity index (χ4v) is 3.10. The molecule has 3 rings (SSSR count). The van der Waals surface area contributed by atoms with Gasteiger partial charge >= 0.3 is 24.0 Å². The van der Waals surface area contributed by atoms with Gasteiger partial charge in [-0.1, -0.05) is 11.6 Å². The van der Waals surface area contributed by atoms with Crippen LogP contribution in [-0.4, -0.2) is 59.4 Å². The number of nitrogens with zero attached hydrogens (tertiary/aromatic N) is 2. The van der Waals surface area contributed by atoms with Crippen molar-refractivity contribution in [3.63, 3.8) is 0 Å². The number of hydrogen-bond donors (Lipinski definition) is 1. The fourth-order valence-electron chi connectivity index (χ4n) is 2.93. The van der Waals surface area contributed by atoms with Crippen molar-refractivity contribution in [1.29, 1.82) is 0 Å². The zero-order chi connectivity index (χ0) is 25.0. The lowest BCUT2D eigenvalue weighted by molar-refractivity contribution is -0.156. The van der Waals surface area contributed by atoms with E-state index in [1.165, 1.54) is 18.2 Å². The average Bonchev–Trinajstić information content (AvgIpc) is 2.94. The van der Waals surface area contributed by atoms with Gasteiger partial charge in [-0.3, -0.25) is 14.4 Å². The third-order valence-corrected chi connectivity index (χ3v) is 4.59. The maximum absolute atomic E-state index is 12.6. The quantitative estimate of drug-likeness (QED) is 0.437. The zero-order valence-corrected chi connectivity index (χ0v) is 18.3. The maximum atomic E-state index is 12.6. The van der Waals surface area contributed by atoms with Crippen molar-refractivity contribution in [2.75, 3.05) is 25.0 Å². The van der Waals surface area contributed by atoms with E-state index < -0.39 is 43.0 Å². The Kier molecular flexibility index (Phi) is 7.30. The van der Waals surface area contributed by atoms with Crippen molar-refractivity contribution in [3.8, 4) is 17.2 Å². The van der Waals surface area contributed by atoms with E-state index in [0.29, 0.717) is 18.1 Å². The van der Waals surface area contributed by atoms with E-state index in [0.717, 1.165) is 0 Å². The Morgan fingerprint density at radius 1 is 1.00 bits per heavy atom. The van der Waals surface area contributed by atoms with Gasteiger partial charge in [0.15, 0.2) is 5.75 Å². The molecule has 0 saturated carbocycles. The molecule has 1 aliphatic heterocycles. The van der Waals surface area contributed by atoms with Crippen molar-refractivity contribution in [2.45, 2.75) is 13.1 Å². The number of benzene rings is 2. The Bertz CT molecular complexity index is 1120. The van der Waals surface area contributed by atoms with Gasteiger partial charge < -0.3 is 14.8 Å². The van der Waals surface area contributed by atoms with Crippen molar-refractivity contribution in [2.24, 2.45) is 0 Å². The molecule has 0 atom stereocenters. The molecule has 1 fully saturated rings. The van der Waals surface area contributed by atoms with E-state index in [2.05, 4.69) is 5.32 Å². The third-order valence-electron chi connectivity index (χ3n) is 4.35. The van der Waals surface area contributed by atoms with E-state index >= 15 is 0 Å². The van der Waals surface area contributed by atoms with E-state index in [4.69, 9.17) is 21.1 Å². The first-order valence-corrected chi connectivity index (χ1v) is 10.1. The van der Waals surface area contributed by atoms with Crippen molar-refractivity contribution in [1.82, 2.24) is 9.80 Å². The predicted molar refractivity (Wildman–Crippen MR) is 113 cm³/mol. The average molecular weight is 500 g/mol. The number of rotatable bonds is 8. The minimum atomic E-state index is -4.90. The smallest absolute Gasteiger partial charge is 0.406 e. The normalized spacial score (nSPS) is 14.0. The molecule has 5 amide bonds. The zero-order valence-electron chi connectivity index (χ0n) is 17.5. The topological polar surface area (TPSA) is 105 Å². The van der Waals surface area contributed by atoms with Crippen LogP contribution in [0.1, 0.15) is 6.92 Å². The van der Waals surface area contributed by atoms with Crippen LogP contribution >= 0.6 is 11.6 Å². The van der Waals surface area contributed by atoms with Crippen molar-refractivity contribution >= 4 is 41.0 Å². The molecule has 2 aromatic rings. The van der Waals surface area contributed by atoms with E-state index in [1.807, 2.05) is 6.92 Å². The first-order chi connectivity index (χ1) is 16.0. The molecule has 0 unspecified atom stereocenters. The Labute approximate surface area is 196 Å². The van der Waals surface area contributed by atoms with Crippen LogP contribution in [0.15, 0.2) is 42.5 Å². The van der Waals surface area contributed by atoms with Gasteiger partial charge in [-0.25, -0.2) is 14.6 Å². The molecule has 1 N–H and O–H groups in total. The first-order valence-electron chi connectivity index (χ1n) is 9.72. The molecule has 1 heterocycles. The monoisotopic (exact) mass is 499 g/mol. The summed E-state index contributed by atoms with van der Waals surface area (Å²) >= 11 is 5.98. The highest BCUT2D eigenvalue weighted by Gasteiger charge is 2.49. The van der Waals surface area contributed by atoms with Crippen LogP contribution in [0.4, 0.5) is 23.7 Å². The van der Waals surface area contributed by atoms with Gasteiger partial charge in [-0.05, 0) is 49.4 Å². The third kappa shape index (κ3) is 5.95. The van der Waals surface area contributed by atoms with Crippen LogP contribution in [0.3, 0.4) is 0 Å². The number of carbonyl (C=O) groups excluding carboxylic acids is 4. The first kappa shape index (κ1) is 24.8. The molecular weight excluding hydrogens is 483 g/mol. The summed E-state index contributed by atoms with van der Waals surface area (Å²) in [4.78, 5) is 48.1. The molecule has 0 radical (unpaired) electrons. The largest absolute Gasteiger partial charge is 0.494 e. The lowest BCUT2D eigenvalue weighted by Gasteiger charge is -2.17. The Morgan fingerprint density at radius 3 is 2.24 bits per heavy atom. The van der Waals surface area contributed by atoms with Gasteiger partial charge in [0.25, 0.3) is 0 Å². The van der Waals surface area contributed by atoms with Crippen molar-refractivity contribution in [3.05, 3.63) is 47.5 Å². The summed E-state index contributed by atoms with van der Waals surface area (Å²) in [6.45, 7) is -0.620. The minimum absolute atomic E-state index is 0.0592. The van der Waals surface area contributed by atoms with Gasteiger partial charge in [-0.15, -0.1) is 0 Å². The van der Waals surface area contributed by atoms with Crippen LogP contribution in [0.25, 0.3) is 0 Å². The Morgan fingerprint density at radius 2 is 1.62 bits per heavy atom. The molecule has 0 spiro atoms. The number of hydrogen-bond acceptors (Lipinski definition) is 6. The van der Waals surface area contributed by atoms with Crippen LogP contribution in [0.2, 0.25) is 5.02 Å². The molecule has 2 aromatic carbocycles. The minimum Gasteiger partial charge on any atom is -0.494 e. The fraction of sp³-hybridized carbons (Fsp3) is 0.238. The summed E-state index contributed by atoms with van der Waals surface area (Å²) in [7, 11) is 0. The highest BCUT2D eigenvalue weighted by Crippen LogP contribution is 2.33. The summed E-state index contributed by atoms with van der Waals surface area (Å²) in [6.07, 6.45) is -4.90. The van der Waals surface area contributed by atoms with Gasteiger partial charge in [0.2, 0.25) is 5.91 Å². The van der Waals surface area contributed by atoms with Gasteiger partial charge in [0.1, 0.15) is 24.6 Å². The lowest BCUT2D eigenvalue weighted by atomic mass is 10.2. The number of alkyl halides is 3. The summed E-state index contributed by atoms with van der Waals surface area (Å²) in [5.74, 6) is -3.02. The van der Waals surface area contributed by atoms with Crippen molar-refractivity contribution < 1.29 is 41.8 Å². The van der Waals surface area contributed by atoms with Gasteiger partial charge in [-0.2, -0.15) is 13.2 Å². The summed E-state index contributed by atoms with van der Waals surface area (Å²) in [6, 6.07) is 9.30. The number of imide groups is 2. The van der Waals surface area contributed by atoms with Crippen LogP contribution < -0.4 is 14.8 Å². The molecule has 34 heavy (non-hydrogen) atoms. The molecule has 180 valence electrons. The number of urea groups is 1. The lowest BCUT2D eigenvalue weighted by Crippen LogP contribution is -2.41. The van der Waals surface area contributed by atoms with E-state index in [1.54, 1.807) is 24.3 Å². The van der Waals surface area contributed by atoms with E-state index in [9.17, 15) is 32.3 Å². The summed E-state index contributed by atoms with van der Waals surface area (Å²) in [5.41, 5.74) is 0.0592. The molecule has 9 nitrogen and oxygen atoms in total. The number of anilines is 1. The second-order valence-electron chi connectivity index (χ2n) is 6.88. The molecule has 0 aliphatic carbocycles. The number of amides is 5. The highest BCUT2D eigenvalue weighted by atomic mass is 35.5. The second kappa shape index (κ2) is 10.00. The van der Waals surface area contributed by atoms with Gasteiger partial charge in [0.05, 0.1) is 12.3 Å². The number of nitrogens with one attached hydrogen (secondary N) is 1. The molecule has 1 saturated heterocycles. The standard InChI is InChI=1S/C21H17ClF3N3O6/c1-2-33-13-4-6-14(7-5-13)34-16-8-3-12(22)9-15(16)26-17(29)10-27-18(30)19(31)28(20(27)32)11-21(23,24)25/h3-9H,2,10-11H2,1H3,(H,26,29). The van der Waals surface area contributed by atoms with Crippen LogP contribution in [0, 0.1) is 0 Å². The van der Waals surface area contributed by atoms with Gasteiger partial charge in [0, 0.05) is 5.02 Å². The van der Waals surface area contributed by atoms with Crippen LogP contribution in [0.5, 0.6) is 17.2 Å². The summed E-state index contributed by atoms with van der Waals surface area (Å²) in [5, 5.41) is 2.59. The maximum Gasteiger partial charge on any atom is 0.406 e. The Hall–Kier alpha value is -3.80. The molecule has 0 bridgehead atoms. The number of carbonyl (C=O) groups is 4. The molecule has 13 heteroatoms. The highest BCUT2D eigenvalue weighted by molar-refractivity contribution is 6.45. The predicted octanol–water partition coefficient (Wildman–Crippen LogP) is 3.82.